The van der Waals surface area contributed by atoms with E-state index in [9.17, 15) is 43.2 Å². The highest BCUT2D eigenvalue weighted by molar-refractivity contribution is 7.47. The number of carbonyl (C=O) groups excluding carboxylic acids is 4. The van der Waals surface area contributed by atoms with Crippen molar-refractivity contribution in [3.05, 3.63) is 24.3 Å². The van der Waals surface area contributed by atoms with Crippen LogP contribution in [0.3, 0.4) is 0 Å². The zero-order valence-corrected chi connectivity index (χ0v) is 62.9. The van der Waals surface area contributed by atoms with Crippen molar-refractivity contribution in [1.82, 2.24) is 0 Å². The molecule has 0 saturated heterocycles. The maximum Gasteiger partial charge on any atom is 0.472 e. The van der Waals surface area contributed by atoms with Gasteiger partial charge in [0.05, 0.1) is 26.4 Å². The van der Waals surface area contributed by atoms with Gasteiger partial charge in [0.25, 0.3) is 0 Å². The van der Waals surface area contributed by atoms with Gasteiger partial charge >= 0.3 is 39.5 Å². The molecular formula is C76H144O17P2. The number of esters is 4. The normalized spacial score (nSPS) is 14.1. The third kappa shape index (κ3) is 69.8. The van der Waals surface area contributed by atoms with Crippen LogP contribution in [0.1, 0.15) is 381 Å². The first-order chi connectivity index (χ1) is 46.2. The van der Waals surface area contributed by atoms with Crippen LogP contribution >= 0.6 is 15.6 Å². The lowest BCUT2D eigenvalue weighted by Gasteiger charge is -2.21. The zero-order chi connectivity index (χ0) is 69.7. The van der Waals surface area contributed by atoms with Gasteiger partial charge in [0.15, 0.2) is 12.2 Å². The van der Waals surface area contributed by atoms with Crippen LogP contribution in [0, 0.1) is 0 Å². The first kappa shape index (κ1) is 92.5. The van der Waals surface area contributed by atoms with Gasteiger partial charge < -0.3 is 33.8 Å². The summed E-state index contributed by atoms with van der Waals surface area (Å²) >= 11 is 0. The van der Waals surface area contributed by atoms with E-state index >= 15 is 0 Å². The van der Waals surface area contributed by atoms with E-state index in [0.29, 0.717) is 25.7 Å². The second-order valence-electron chi connectivity index (χ2n) is 26.7. The van der Waals surface area contributed by atoms with Crippen molar-refractivity contribution in [2.24, 2.45) is 0 Å². The van der Waals surface area contributed by atoms with Crippen LogP contribution < -0.4 is 0 Å². The van der Waals surface area contributed by atoms with Crippen LogP contribution in [-0.2, 0) is 65.4 Å². The van der Waals surface area contributed by atoms with Crippen molar-refractivity contribution < 1.29 is 80.2 Å². The highest BCUT2D eigenvalue weighted by Gasteiger charge is 2.30. The van der Waals surface area contributed by atoms with E-state index in [0.717, 1.165) is 109 Å². The molecule has 0 heterocycles. The average Bonchev–Trinajstić information content (AvgIpc) is 1.56. The molecule has 0 aliphatic heterocycles. The van der Waals surface area contributed by atoms with Crippen LogP contribution in [0.25, 0.3) is 0 Å². The van der Waals surface area contributed by atoms with Crippen LogP contribution in [-0.4, -0.2) is 96.7 Å². The van der Waals surface area contributed by atoms with Crippen LogP contribution in [0.2, 0.25) is 0 Å². The van der Waals surface area contributed by atoms with Gasteiger partial charge in [-0.15, -0.1) is 0 Å². The van der Waals surface area contributed by atoms with E-state index in [-0.39, 0.29) is 25.7 Å². The van der Waals surface area contributed by atoms with Crippen LogP contribution in [0.15, 0.2) is 24.3 Å². The van der Waals surface area contributed by atoms with E-state index in [2.05, 4.69) is 52.0 Å². The largest absolute Gasteiger partial charge is 0.472 e. The Kier molecular flexibility index (Phi) is 68.2. The second kappa shape index (κ2) is 70.0. The third-order valence-corrected chi connectivity index (χ3v) is 19.1. The molecule has 0 aromatic carbocycles. The molecule has 5 atom stereocenters. The summed E-state index contributed by atoms with van der Waals surface area (Å²) in [5.41, 5.74) is 0. The SMILES string of the molecule is CCCCCC/C=C\C=C/CCCCCCCC(=O)OC[C@H](COP(=O)(O)OC[C@@H](O)COP(=O)(O)OC[C@@H](COC(=O)CCCCCCCCCCCCC)OC(=O)CCCCCCCCCCCCCCC)OC(=O)CCCCCCCCCCCCCCCCCC. The van der Waals surface area contributed by atoms with Crippen molar-refractivity contribution in [3.63, 3.8) is 0 Å². The molecule has 19 heteroatoms. The van der Waals surface area contributed by atoms with E-state index in [1.165, 1.54) is 193 Å². The molecule has 0 spiro atoms. The Morgan fingerprint density at radius 3 is 0.768 bits per heavy atom. The Labute approximate surface area is 580 Å². The molecule has 95 heavy (non-hydrogen) atoms. The van der Waals surface area contributed by atoms with E-state index < -0.39 is 97.5 Å². The maximum absolute atomic E-state index is 13.1. The van der Waals surface area contributed by atoms with Gasteiger partial charge in [-0.05, 0) is 51.4 Å². The summed E-state index contributed by atoms with van der Waals surface area (Å²) in [7, 11) is -9.92. The molecule has 0 radical (unpaired) electrons. The molecular weight excluding hydrogens is 1250 g/mol. The number of unbranched alkanes of at least 4 members (excludes halogenated alkanes) is 46. The number of rotatable bonds is 75. The number of hydrogen-bond acceptors (Lipinski definition) is 15. The highest BCUT2D eigenvalue weighted by Crippen LogP contribution is 2.45. The van der Waals surface area contributed by atoms with Gasteiger partial charge in [-0.1, -0.05) is 328 Å². The predicted octanol–water partition coefficient (Wildman–Crippen LogP) is 22.2. The topological polar surface area (TPSA) is 237 Å². The Hall–Kier alpha value is -2.46. The molecule has 3 N–H and O–H groups in total. The molecule has 0 aliphatic rings. The second-order valence-corrected chi connectivity index (χ2v) is 29.6. The summed E-state index contributed by atoms with van der Waals surface area (Å²) in [6.45, 7) is 4.93. The number of allylic oxidation sites excluding steroid dienone is 4. The summed E-state index contributed by atoms with van der Waals surface area (Å²) in [5, 5.41) is 10.6. The fourth-order valence-corrected chi connectivity index (χ4v) is 12.8. The molecule has 0 amide bonds. The van der Waals surface area contributed by atoms with E-state index in [1.54, 1.807) is 0 Å². The fourth-order valence-electron chi connectivity index (χ4n) is 11.2. The maximum atomic E-state index is 13.1. The highest BCUT2D eigenvalue weighted by atomic mass is 31.2. The molecule has 0 aromatic rings. The quantitative estimate of drug-likeness (QED) is 0.0169. The molecule has 0 bridgehead atoms. The Morgan fingerprint density at radius 2 is 0.505 bits per heavy atom. The Morgan fingerprint density at radius 1 is 0.295 bits per heavy atom. The molecule has 0 saturated carbocycles. The van der Waals surface area contributed by atoms with Gasteiger partial charge in [0.2, 0.25) is 0 Å². The van der Waals surface area contributed by atoms with Gasteiger partial charge in [0.1, 0.15) is 19.3 Å². The number of phosphoric acid groups is 2. The van der Waals surface area contributed by atoms with Crippen molar-refractivity contribution in [1.29, 1.82) is 0 Å². The van der Waals surface area contributed by atoms with Crippen molar-refractivity contribution >= 4 is 39.5 Å². The fraction of sp³-hybridized carbons (Fsp3) is 0.895. The molecule has 17 nitrogen and oxygen atoms in total. The zero-order valence-electron chi connectivity index (χ0n) is 61.1. The van der Waals surface area contributed by atoms with E-state index in [4.69, 9.17) is 37.0 Å². The monoisotopic (exact) mass is 1390 g/mol. The summed E-state index contributed by atoms with van der Waals surface area (Å²) < 4.78 is 68.5. The molecule has 0 rings (SSSR count). The number of ether oxygens (including phenoxy) is 4. The molecule has 560 valence electrons. The van der Waals surface area contributed by atoms with Crippen LogP contribution in [0.5, 0.6) is 0 Å². The molecule has 0 fully saturated rings. The first-order valence-corrected chi connectivity index (χ1v) is 42.1. The number of aliphatic hydroxyl groups is 1. The van der Waals surface area contributed by atoms with Crippen molar-refractivity contribution in [2.75, 3.05) is 39.6 Å². The Bertz CT molecular complexity index is 1900. The number of aliphatic hydroxyl groups excluding tert-OH is 1. The lowest BCUT2D eigenvalue weighted by atomic mass is 10.0. The summed E-state index contributed by atoms with van der Waals surface area (Å²) in [4.78, 5) is 72.8. The number of carbonyl (C=O) groups is 4. The summed E-state index contributed by atoms with van der Waals surface area (Å²) in [6.07, 6.45) is 63.0. The van der Waals surface area contributed by atoms with Crippen molar-refractivity contribution in [2.45, 2.75) is 399 Å². The van der Waals surface area contributed by atoms with Crippen LogP contribution in [0.4, 0.5) is 0 Å². The lowest BCUT2D eigenvalue weighted by molar-refractivity contribution is -0.161. The molecule has 2 unspecified atom stereocenters. The van der Waals surface area contributed by atoms with E-state index in [1.807, 2.05) is 0 Å². The molecule has 0 aliphatic carbocycles. The minimum atomic E-state index is -4.96. The van der Waals surface area contributed by atoms with Crippen molar-refractivity contribution in [3.8, 4) is 0 Å². The third-order valence-electron chi connectivity index (χ3n) is 17.2. The first-order valence-electron chi connectivity index (χ1n) is 39.1. The smallest absolute Gasteiger partial charge is 0.462 e. The minimum Gasteiger partial charge on any atom is -0.462 e. The van der Waals surface area contributed by atoms with Gasteiger partial charge in [-0.2, -0.15) is 0 Å². The standard InChI is InChI=1S/C76H144O17P2/c1-5-9-13-17-21-25-29-32-34-36-39-43-47-51-55-59-63-76(81)93-72(67-87-74(79)61-57-53-49-45-41-38-35-33-30-26-22-18-14-10-6-2)69-91-95(84,85)89-65-70(77)64-88-94(82,83)90-68-71(66-86-73(78)60-56-52-48-44-40-28-24-20-16-12-8-4)92-75(80)62-58-54-50-46-42-37-31-27-23-19-15-11-7-3/h26,30,33,35,70-72,77H,5-25,27-29,31-32,34,36-69H2,1-4H3,(H,82,83)(H,84,85)/b30-26-,35-33-/t70-,71+,72+/m0/s1. The predicted molar refractivity (Wildman–Crippen MR) is 386 cm³/mol. The van der Waals surface area contributed by atoms with Gasteiger partial charge in [0, 0.05) is 25.7 Å². The minimum absolute atomic E-state index is 0.102. The lowest BCUT2D eigenvalue weighted by Crippen LogP contribution is -2.30. The number of phosphoric ester groups is 2. The average molecular weight is 1390 g/mol. The van der Waals surface area contributed by atoms with Gasteiger partial charge in [-0.25, -0.2) is 9.13 Å². The Balaban J connectivity index is 5.29. The molecule has 0 aromatic heterocycles. The summed E-state index contributed by atoms with van der Waals surface area (Å²) in [5.74, 6) is -2.14. The number of hydrogen-bond donors (Lipinski definition) is 3. The van der Waals surface area contributed by atoms with Gasteiger partial charge in [-0.3, -0.25) is 37.3 Å². The summed E-state index contributed by atoms with van der Waals surface area (Å²) in [6, 6.07) is 0.